The number of aliphatic hydroxyl groups excluding tert-OH is 3. The second-order valence-corrected chi connectivity index (χ2v) is 26.8. The van der Waals surface area contributed by atoms with Crippen molar-refractivity contribution in [2.75, 3.05) is 65.7 Å². The molecule has 0 spiro atoms. The van der Waals surface area contributed by atoms with E-state index in [0.29, 0.717) is 0 Å². The maximum atomic E-state index is 15.6. The number of fused-ring (bicyclic) bond motifs is 2. The van der Waals surface area contributed by atoms with Gasteiger partial charge in [-0.25, -0.2) is 9.59 Å². The average Bonchev–Trinajstić information content (AvgIpc) is 0.971. The van der Waals surface area contributed by atoms with Crippen molar-refractivity contribution >= 4 is 72.6 Å². The van der Waals surface area contributed by atoms with Crippen LogP contribution in [-0.4, -0.2) is 226 Å². The fourth-order valence-electron chi connectivity index (χ4n) is 10.8. The quantitative estimate of drug-likeness (QED) is 0.0132. The van der Waals surface area contributed by atoms with Crippen LogP contribution in [0.5, 0.6) is 11.5 Å². The number of hydrogen-bond donors (Lipinski definition) is 8. The number of hydroxylamine groups is 1. The first-order valence-electron chi connectivity index (χ1n) is 28.4. The van der Waals surface area contributed by atoms with E-state index >= 15 is 4.79 Å². The summed E-state index contributed by atoms with van der Waals surface area (Å²) in [6.45, 7) is 12.6. The van der Waals surface area contributed by atoms with Crippen molar-refractivity contribution in [3.63, 3.8) is 0 Å². The van der Waals surface area contributed by atoms with E-state index in [2.05, 4.69) is 51.7 Å². The van der Waals surface area contributed by atoms with Gasteiger partial charge in [-0.15, -0.1) is 0 Å². The number of esters is 1. The first kappa shape index (κ1) is 71.8. The molecule has 89 heavy (non-hydrogen) atoms. The fourth-order valence-corrected chi connectivity index (χ4v) is 14.1. The van der Waals surface area contributed by atoms with Gasteiger partial charge in [0.15, 0.2) is 54.1 Å². The Balaban J connectivity index is 1.27. The number of carbonyl (C=O) groups excluding carboxylic acids is 4. The third kappa shape index (κ3) is 17.6. The smallest absolute Gasteiger partial charge is 0.411 e. The van der Waals surface area contributed by atoms with Crippen LogP contribution in [0.15, 0.2) is 59.5 Å². The van der Waals surface area contributed by atoms with Gasteiger partial charge in [0.25, 0.3) is 5.91 Å². The normalized spacial score (nSPS) is 34.4. The molecule has 8 N–H and O–H groups in total. The summed E-state index contributed by atoms with van der Waals surface area (Å²) >= 11 is 1.47. The predicted octanol–water partition coefficient (Wildman–Crippen LogP) is 3.42. The zero-order valence-electron chi connectivity index (χ0n) is 51.4. The molecule has 0 saturated carbocycles. The molecule has 19 atom stereocenters. The Kier molecular flexibility index (Phi) is 26.9. The molecular weight excluding hydrogens is 1240 g/mol. The van der Waals surface area contributed by atoms with Crippen molar-refractivity contribution < 1.29 is 106 Å². The predicted molar refractivity (Wildman–Crippen MR) is 330 cm³/mol. The number of thioether (sulfide) groups is 1. The molecular formula is C59H80N4O22S4. The summed E-state index contributed by atoms with van der Waals surface area (Å²) in [6, 6.07) is 1.39. The van der Waals surface area contributed by atoms with Crippen LogP contribution < -0.4 is 30.9 Å². The van der Waals surface area contributed by atoms with Crippen LogP contribution in [0, 0.1) is 23.7 Å². The largest absolute Gasteiger partial charge is 0.493 e. The second-order valence-electron chi connectivity index (χ2n) is 21.4. The zero-order chi connectivity index (χ0) is 64.9. The molecule has 7 rings (SSSR count). The van der Waals surface area contributed by atoms with Gasteiger partial charge < -0.3 is 92.6 Å². The molecule has 4 heterocycles. The average molecular weight is 1330 g/mol. The Morgan fingerprint density at radius 3 is 2.22 bits per heavy atom. The number of anilines is 1. The van der Waals surface area contributed by atoms with E-state index in [-0.39, 0.29) is 88.3 Å². The van der Waals surface area contributed by atoms with Crippen LogP contribution in [0.4, 0.5) is 10.5 Å². The summed E-state index contributed by atoms with van der Waals surface area (Å²) in [7, 11) is 10.8. The van der Waals surface area contributed by atoms with E-state index in [9.17, 15) is 34.8 Å². The first-order chi connectivity index (χ1) is 42.5. The molecule has 6 aliphatic rings. The summed E-state index contributed by atoms with van der Waals surface area (Å²) in [5.74, 6) is 8.60. The molecule has 492 valence electrons. The lowest BCUT2D eigenvalue weighted by molar-refractivity contribution is -0.336. The Labute approximate surface area is 533 Å². The maximum Gasteiger partial charge on any atom is 0.411 e. The molecule has 2 amide bonds. The van der Waals surface area contributed by atoms with E-state index < -0.39 is 134 Å². The Bertz CT molecular complexity index is 2890. The molecule has 0 unspecified atom stereocenters. The van der Waals surface area contributed by atoms with E-state index in [1.54, 1.807) is 20.1 Å². The van der Waals surface area contributed by atoms with Crippen molar-refractivity contribution in [3.8, 4) is 35.2 Å². The first-order valence-corrected chi connectivity index (χ1v) is 33.8. The lowest BCUT2D eigenvalue weighted by Gasteiger charge is -2.47. The van der Waals surface area contributed by atoms with Crippen LogP contribution in [0.1, 0.15) is 64.2 Å². The lowest BCUT2D eigenvalue weighted by Crippen LogP contribution is -2.65. The summed E-state index contributed by atoms with van der Waals surface area (Å²) in [6.07, 6.45) is -11.7. The van der Waals surface area contributed by atoms with Crippen molar-refractivity contribution in [2.45, 2.75) is 175 Å². The van der Waals surface area contributed by atoms with Gasteiger partial charge in [-0.05, 0) is 55.3 Å². The van der Waals surface area contributed by atoms with Crippen LogP contribution in [0.2, 0.25) is 0 Å². The molecule has 30 heteroatoms. The highest BCUT2D eigenvalue weighted by Crippen LogP contribution is 2.44. The Morgan fingerprint density at radius 2 is 1.56 bits per heavy atom. The van der Waals surface area contributed by atoms with Crippen molar-refractivity contribution in [3.05, 3.63) is 65.1 Å². The number of allylic oxidation sites excluding steroid dienone is 2. The third-order valence-electron chi connectivity index (χ3n) is 15.2. The number of carbonyl (C=O) groups is 4. The minimum Gasteiger partial charge on any atom is -0.493 e. The van der Waals surface area contributed by atoms with Crippen molar-refractivity contribution in [2.24, 2.45) is 0 Å². The summed E-state index contributed by atoms with van der Waals surface area (Å²) in [4.78, 5) is 62.5. The molecule has 26 nitrogen and oxygen atoms in total. The standard InChI is InChI=1S/C59H80N4O22S4/c1-28(2)60-36-27-77-43(25-39(36)73-8)83-52-50(66)47(63-85-45-24-37(64)53(86-12)31(5)79-45)29(3)80-57(52)82-38-18-16-14-15-17-20-59(71)34(19-21-88-89-87-13)46(38)48(62-58(70)76-11)51(67)54(59)84-44-26-42(49(65)30(4)78-44)81-56(69)33-22-40(74-9)41(75-10)23-35(33)61-55(68)32(6)72-7/h14-15,19,22-23,28-31,36-39,42-45,47,49-50,52-54,57,60,63-66,71H,6,21,24-27H2,1-5,7-13H3,(H,61,68)(H,62,70)/b15-14+,34-19+/t29-,30+,31-,36+,37+,38+,39+,42+,43+,44+,45+,47-,49-,50+,52-,53-,54-,57+,59-/m1/s1. The van der Waals surface area contributed by atoms with E-state index in [1.165, 1.54) is 95.7 Å². The minimum absolute atomic E-state index is 0.0843. The zero-order valence-corrected chi connectivity index (χ0v) is 54.6. The number of aliphatic hydroxyl groups is 4. The van der Waals surface area contributed by atoms with E-state index in [0.717, 1.165) is 7.11 Å². The number of alkyl carbamates (subject to hydrolysis) is 1. The highest BCUT2D eigenvalue weighted by Gasteiger charge is 2.57. The summed E-state index contributed by atoms with van der Waals surface area (Å²) in [5.41, 5.74) is -0.949. The van der Waals surface area contributed by atoms with Gasteiger partial charge in [-0.2, -0.15) is 17.2 Å². The number of ether oxygens (including phenoxy) is 13. The van der Waals surface area contributed by atoms with E-state index in [1.807, 2.05) is 33.3 Å². The number of methoxy groups -OCH3 is 5. The molecule has 2 aliphatic carbocycles. The fraction of sp³-hybridized carbons (Fsp3) is 0.627. The highest BCUT2D eigenvalue weighted by molar-refractivity contribution is 9.09. The van der Waals surface area contributed by atoms with E-state index in [4.69, 9.17) is 66.4 Å². The van der Waals surface area contributed by atoms with Gasteiger partial charge >= 0.3 is 12.1 Å². The van der Waals surface area contributed by atoms with Gasteiger partial charge in [0.1, 0.15) is 30.5 Å². The third-order valence-corrected chi connectivity index (χ3v) is 20.2. The molecule has 2 bridgehead atoms. The topological polar surface area (TPSA) is 327 Å². The van der Waals surface area contributed by atoms with Gasteiger partial charge in [0.05, 0.1) is 99.8 Å². The molecule has 4 saturated heterocycles. The van der Waals surface area contributed by atoms with Crippen LogP contribution in [0.25, 0.3) is 0 Å². The van der Waals surface area contributed by atoms with Crippen molar-refractivity contribution in [1.29, 1.82) is 0 Å². The number of nitrogens with one attached hydrogen (secondary N) is 4. The van der Waals surface area contributed by atoms with Crippen LogP contribution in [-0.2, 0) is 66.5 Å². The molecule has 1 aromatic rings. The molecule has 1 aromatic carbocycles. The second kappa shape index (κ2) is 33.3. The molecule has 4 fully saturated rings. The minimum atomic E-state index is -2.66. The van der Waals surface area contributed by atoms with Crippen LogP contribution >= 0.6 is 43.2 Å². The Hall–Kier alpha value is -4.62. The van der Waals surface area contributed by atoms with Gasteiger partial charge in [-0.3, -0.25) is 19.7 Å². The van der Waals surface area contributed by atoms with Gasteiger partial charge in [0.2, 0.25) is 5.78 Å². The van der Waals surface area contributed by atoms with Crippen molar-refractivity contribution in [1.82, 2.24) is 16.1 Å². The maximum absolute atomic E-state index is 15.6. The SMILES string of the molecule is C=C(OC)C(=O)Nc1cc(OC)c(OC)cc1C(=O)O[C@H]1C[C@H](O[C@@H]2C(=O)C(NC(=O)OC)=C3/C(=C\CSSSC)[C@]2(O)C#C/C=C/C#C[C@@H]3O[C@@H]2O[C@H](C)[C@@H](NO[C@H]3C[C@H](O)[C@H](SC)[C@@H](C)O3)[C@H](O)[C@H]2O[C@H]2C[C@H](OC)[C@@H](NC(C)C)CO2)O[C@@H](C)[C@H]1O. The number of ketones is 1. The Morgan fingerprint density at radius 1 is 0.854 bits per heavy atom. The monoisotopic (exact) mass is 1320 g/mol. The number of amides is 2. The lowest BCUT2D eigenvalue weighted by atomic mass is 9.73. The van der Waals surface area contributed by atoms with Gasteiger partial charge in [-0.1, -0.05) is 71.8 Å². The summed E-state index contributed by atoms with van der Waals surface area (Å²) in [5, 5.41) is 56.8. The number of rotatable bonds is 25. The van der Waals surface area contributed by atoms with Crippen LogP contribution in [0.3, 0.4) is 0 Å². The molecule has 0 aromatic heterocycles. The molecule has 4 aliphatic heterocycles. The van der Waals surface area contributed by atoms with Gasteiger partial charge in [0, 0.05) is 61.4 Å². The number of Topliss-reactive ketones (excluding diaryl/α,β-unsaturated/α-hetero) is 1. The number of benzene rings is 1. The highest BCUT2D eigenvalue weighted by atomic mass is 33.5. The molecule has 0 radical (unpaired) electrons. The number of hydrogen-bond acceptors (Lipinski definition) is 28. The summed E-state index contributed by atoms with van der Waals surface area (Å²) < 4.78 is 77.9.